The van der Waals surface area contributed by atoms with Crippen LogP contribution in [0.3, 0.4) is 0 Å². The van der Waals surface area contributed by atoms with Crippen molar-refractivity contribution in [2.45, 2.75) is 51.5 Å². The number of fused-ring (bicyclic) bond motifs is 1. The van der Waals surface area contributed by atoms with Gasteiger partial charge in [0.15, 0.2) is 0 Å². The second-order valence-electron chi connectivity index (χ2n) is 8.81. The van der Waals surface area contributed by atoms with Crippen LogP contribution in [-0.2, 0) is 11.2 Å². The van der Waals surface area contributed by atoms with E-state index in [9.17, 15) is 4.79 Å². The lowest BCUT2D eigenvalue weighted by Crippen LogP contribution is -2.54. The number of nitrogens with one attached hydrogen (secondary N) is 1. The molecule has 0 saturated carbocycles. The van der Waals surface area contributed by atoms with Crippen LogP contribution in [0.25, 0.3) is 0 Å². The van der Waals surface area contributed by atoms with Gasteiger partial charge in [-0.3, -0.25) is 9.69 Å². The molecule has 28 heavy (non-hydrogen) atoms. The van der Waals surface area contributed by atoms with Crippen LogP contribution in [0.1, 0.15) is 50.2 Å². The lowest BCUT2D eigenvalue weighted by atomic mass is 9.81. The van der Waals surface area contributed by atoms with E-state index in [1.165, 1.54) is 11.1 Å². The molecule has 2 unspecified atom stereocenters. The van der Waals surface area contributed by atoms with Crippen molar-refractivity contribution in [2.24, 2.45) is 5.92 Å². The normalized spacial score (nSPS) is 22.0. The van der Waals surface area contributed by atoms with Crippen molar-refractivity contribution < 1.29 is 9.53 Å². The van der Waals surface area contributed by atoms with Crippen molar-refractivity contribution in [1.82, 2.24) is 15.1 Å². The Hall–Kier alpha value is -1.59. The zero-order valence-electron chi connectivity index (χ0n) is 18.0. The molecule has 5 nitrogen and oxygen atoms in total. The number of carbonyl (C=O) groups excluding carboxylic acids is 1. The summed E-state index contributed by atoms with van der Waals surface area (Å²) in [7, 11) is 3.89. The summed E-state index contributed by atoms with van der Waals surface area (Å²) in [5.41, 5.74) is 2.68. The summed E-state index contributed by atoms with van der Waals surface area (Å²) in [5.74, 6) is 1.96. The number of likely N-dealkylation sites (N-methyl/N-ethyl adjacent to an activating group) is 1. The summed E-state index contributed by atoms with van der Waals surface area (Å²) in [6, 6.07) is 6.74. The molecule has 1 aliphatic carbocycles. The van der Waals surface area contributed by atoms with Gasteiger partial charge in [0.25, 0.3) is 0 Å². The van der Waals surface area contributed by atoms with Gasteiger partial charge in [-0.15, -0.1) is 0 Å². The summed E-state index contributed by atoms with van der Waals surface area (Å²) in [6.07, 6.45) is 3.92. The Balaban J connectivity index is 1.55. The zero-order valence-corrected chi connectivity index (χ0v) is 18.0. The Labute approximate surface area is 170 Å². The van der Waals surface area contributed by atoms with Crippen LogP contribution in [0.5, 0.6) is 5.75 Å². The van der Waals surface area contributed by atoms with Crippen molar-refractivity contribution in [3.8, 4) is 5.75 Å². The van der Waals surface area contributed by atoms with E-state index in [0.717, 1.165) is 57.7 Å². The fraction of sp³-hybridized carbons (Fsp3) is 0.696. The first-order chi connectivity index (χ1) is 13.5. The standard InChI is InChI=1S/C23H37N3O2/c1-17(2)22(26-12-10-25(3)11-13-26)16-24-23(27)15-19-7-5-6-18-14-20(28-4)8-9-21(18)19/h8-9,14,17,19,22H,5-7,10-13,15-16H2,1-4H3,(H,24,27). The third-order valence-electron chi connectivity index (χ3n) is 6.51. The molecule has 1 heterocycles. The first-order valence-electron chi connectivity index (χ1n) is 10.8. The maximum Gasteiger partial charge on any atom is 0.220 e. The van der Waals surface area contributed by atoms with Gasteiger partial charge in [-0.2, -0.15) is 0 Å². The van der Waals surface area contributed by atoms with Crippen molar-refractivity contribution in [3.63, 3.8) is 0 Å². The van der Waals surface area contributed by atoms with Crippen LogP contribution < -0.4 is 10.1 Å². The smallest absolute Gasteiger partial charge is 0.220 e. The Morgan fingerprint density at radius 1 is 1.25 bits per heavy atom. The van der Waals surface area contributed by atoms with Crippen molar-refractivity contribution in [2.75, 3.05) is 46.9 Å². The third-order valence-corrected chi connectivity index (χ3v) is 6.51. The lowest BCUT2D eigenvalue weighted by Gasteiger charge is -2.40. The number of aryl methyl sites for hydroxylation is 1. The average molecular weight is 388 g/mol. The van der Waals surface area contributed by atoms with Crippen molar-refractivity contribution >= 4 is 5.91 Å². The first-order valence-corrected chi connectivity index (χ1v) is 10.8. The van der Waals surface area contributed by atoms with E-state index in [1.54, 1.807) is 7.11 Å². The number of rotatable bonds is 7. The van der Waals surface area contributed by atoms with Crippen LogP contribution in [-0.4, -0.2) is 68.6 Å². The fourth-order valence-electron chi connectivity index (χ4n) is 4.68. The minimum absolute atomic E-state index is 0.188. The van der Waals surface area contributed by atoms with E-state index in [4.69, 9.17) is 4.74 Å². The predicted octanol–water partition coefficient (Wildman–Crippen LogP) is 2.89. The second-order valence-corrected chi connectivity index (χ2v) is 8.81. The molecule has 2 atom stereocenters. The Bertz CT molecular complexity index is 653. The highest BCUT2D eigenvalue weighted by molar-refractivity contribution is 5.77. The molecule has 156 valence electrons. The van der Waals surface area contributed by atoms with Gasteiger partial charge in [-0.25, -0.2) is 0 Å². The van der Waals surface area contributed by atoms with Gasteiger partial charge in [0.1, 0.15) is 5.75 Å². The van der Waals surface area contributed by atoms with Gasteiger partial charge in [0, 0.05) is 45.2 Å². The number of amides is 1. The number of carbonyl (C=O) groups is 1. The quantitative estimate of drug-likeness (QED) is 0.781. The van der Waals surface area contributed by atoms with E-state index in [1.807, 2.05) is 6.07 Å². The molecule has 0 bridgehead atoms. The molecule has 1 aliphatic heterocycles. The molecule has 0 radical (unpaired) electrons. The molecule has 1 fully saturated rings. The monoisotopic (exact) mass is 387 g/mol. The Morgan fingerprint density at radius 2 is 2.00 bits per heavy atom. The molecule has 2 aliphatic rings. The summed E-state index contributed by atoms with van der Waals surface area (Å²) in [5, 5.41) is 3.25. The SMILES string of the molecule is COc1ccc2c(c1)CCCC2CC(=O)NCC(C(C)C)N1CCN(C)CC1. The number of piperazine rings is 1. The highest BCUT2D eigenvalue weighted by Gasteiger charge is 2.27. The number of methoxy groups -OCH3 is 1. The molecule has 5 heteroatoms. The van der Waals surface area contributed by atoms with Gasteiger partial charge in [0.2, 0.25) is 5.91 Å². The van der Waals surface area contributed by atoms with E-state index < -0.39 is 0 Å². The van der Waals surface area contributed by atoms with Crippen LogP contribution in [0.2, 0.25) is 0 Å². The van der Waals surface area contributed by atoms with Gasteiger partial charge in [-0.05, 0) is 61.4 Å². The van der Waals surface area contributed by atoms with Gasteiger partial charge in [-0.1, -0.05) is 19.9 Å². The Kier molecular flexibility index (Phi) is 7.36. The largest absolute Gasteiger partial charge is 0.497 e. The minimum Gasteiger partial charge on any atom is -0.497 e. The molecule has 0 spiro atoms. The number of benzene rings is 1. The lowest BCUT2D eigenvalue weighted by molar-refractivity contribution is -0.121. The topological polar surface area (TPSA) is 44.8 Å². The highest BCUT2D eigenvalue weighted by Crippen LogP contribution is 2.35. The van der Waals surface area contributed by atoms with Crippen LogP contribution >= 0.6 is 0 Å². The summed E-state index contributed by atoms with van der Waals surface area (Å²) < 4.78 is 5.36. The minimum atomic E-state index is 0.188. The molecule has 1 N–H and O–H groups in total. The van der Waals surface area contributed by atoms with Gasteiger partial charge >= 0.3 is 0 Å². The molecule has 1 amide bonds. The molecular weight excluding hydrogens is 350 g/mol. The van der Waals surface area contributed by atoms with Crippen LogP contribution in [0, 0.1) is 5.92 Å². The molecule has 1 saturated heterocycles. The van der Waals surface area contributed by atoms with E-state index >= 15 is 0 Å². The van der Waals surface area contributed by atoms with Gasteiger partial charge in [0.05, 0.1) is 7.11 Å². The third kappa shape index (κ3) is 5.26. The van der Waals surface area contributed by atoms with Gasteiger partial charge < -0.3 is 15.0 Å². The summed E-state index contributed by atoms with van der Waals surface area (Å²) in [4.78, 5) is 17.7. The van der Waals surface area contributed by atoms with Crippen LogP contribution in [0.15, 0.2) is 18.2 Å². The second kappa shape index (κ2) is 9.75. The molecule has 1 aromatic rings. The van der Waals surface area contributed by atoms with E-state index in [2.05, 4.69) is 48.1 Å². The molecule has 3 rings (SSSR count). The van der Waals surface area contributed by atoms with Crippen molar-refractivity contribution in [1.29, 1.82) is 0 Å². The zero-order chi connectivity index (χ0) is 20.1. The Morgan fingerprint density at radius 3 is 2.68 bits per heavy atom. The predicted molar refractivity (Wildman–Crippen MR) is 114 cm³/mol. The number of nitrogens with zero attached hydrogens (tertiary/aromatic N) is 2. The highest BCUT2D eigenvalue weighted by atomic mass is 16.5. The summed E-state index contributed by atoms with van der Waals surface area (Å²) >= 11 is 0. The summed E-state index contributed by atoms with van der Waals surface area (Å²) in [6.45, 7) is 9.68. The van der Waals surface area contributed by atoms with Crippen LogP contribution in [0.4, 0.5) is 0 Å². The maximum absolute atomic E-state index is 12.7. The number of hydrogen-bond donors (Lipinski definition) is 1. The molecule has 1 aromatic carbocycles. The molecule has 0 aromatic heterocycles. The van der Waals surface area contributed by atoms with E-state index in [-0.39, 0.29) is 5.91 Å². The average Bonchev–Trinajstić information content (AvgIpc) is 2.69. The fourth-order valence-corrected chi connectivity index (χ4v) is 4.68. The number of hydrogen-bond acceptors (Lipinski definition) is 4. The maximum atomic E-state index is 12.7. The first kappa shape index (κ1) is 21.1. The number of ether oxygens (including phenoxy) is 1. The molecular formula is C23H37N3O2. The van der Waals surface area contributed by atoms with E-state index in [0.29, 0.717) is 24.3 Å². The van der Waals surface area contributed by atoms with Crippen molar-refractivity contribution in [3.05, 3.63) is 29.3 Å².